The Morgan fingerprint density at radius 3 is 2.05 bits per heavy atom. The number of carbonyl (C=O) groups excluding carboxylic acids is 1. The molecule has 1 amide bonds. The number of amides is 1. The van der Waals surface area contributed by atoms with E-state index in [9.17, 15) is 41.8 Å². The molecule has 2 fully saturated rings. The number of carbonyl (C=O) groups is 2. The van der Waals surface area contributed by atoms with E-state index in [1.165, 1.54) is 17.7 Å². The van der Waals surface area contributed by atoms with Gasteiger partial charge < -0.3 is 25.2 Å². The predicted molar refractivity (Wildman–Crippen MR) is 150 cm³/mol. The monoisotopic (exact) mass is 624 g/mol. The van der Waals surface area contributed by atoms with Gasteiger partial charge in [0.2, 0.25) is 11.7 Å². The highest BCUT2D eigenvalue weighted by molar-refractivity contribution is 7.80. The molecule has 2 aliphatic heterocycles. The standard InChI is InChI=1S/C24H28N2O5.C6HF5S/c27-22-14-19(7-8-20(22)24(29)30)26(23(28)21-2-1-11-25-21)15-16-3-5-17(6-4-16)18-9-12-31-13-10-18;7-1-2(8)4(10)6(12)5(11)3(1)9/h3-8,14,18,21,25,27H,1-2,9-13,15H2,(H,29,30);12H/t21-;/m1./s1. The number of aromatic hydroxyl groups is 1. The van der Waals surface area contributed by atoms with Gasteiger partial charge in [0.05, 0.1) is 17.5 Å². The van der Waals surface area contributed by atoms with Gasteiger partial charge in [-0.15, -0.1) is 12.6 Å². The second-order valence-electron chi connectivity index (χ2n) is 10.1. The molecule has 2 heterocycles. The molecule has 0 aromatic heterocycles. The van der Waals surface area contributed by atoms with Gasteiger partial charge in [-0.3, -0.25) is 4.79 Å². The van der Waals surface area contributed by atoms with Crippen LogP contribution in [0.3, 0.4) is 0 Å². The Kier molecular flexibility index (Phi) is 10.6. The predicted octanol–water partition coefficient (Wildman–Crippen LogP) is 5.94. The fraction of sp³-hybridized carbons (Fsp3) is 0.333. The topological polar surface area (TPSA) is 99.1 Å². The maximum absolute atomic E-state index is 13.2. The van der Waals surface area contributed by atoms with Crippen molar-refractivity contribution in [2.45, 2.75) is 49.1 Å². The molecular weight excluding hydrogens is 595 g/mol. The lowest BCUT2D eigenvalue weighted by Gasteiger charge is -2.27. The third-order valence-electron chi connectivity index (χ3n) is 7.35. The second-order valence-corrected chi connectivity index (χ2v) is 10.6. The number of thiol groups is 1. The van der Waals surface area contributed by atoms with Crippen LogP contribution in [0.4, 0.5) is 27.6 Å². The molecule has 2 aliphatic rings. The minimum Gasteiger partial charge on any atom is -0.507 e. The second kappa shape index (κ2) is 14.2. The van der Waals surface area contributed by atoms with Gasteiger partial charge in [-0.2, -0.15) is 0 Å². The molecule has 0 saturated carbocycles. The average Bonchev–Trinajstić information content (AvgIpc) is 3.57. The molecular formula is C30H29F5N2O5S. The van der Waals surface area contributed by atoms with Gasteiger partial charge in [-0.1, -0.05) is 24.3 Å². The van der Waals surface area contributed by atoms with Crippen LogP contribution in [0.1, 0.15) is 53.1 Å². The number of hydrogen-bond acceptors (Lipinski definition) is 6. The van der Waals surface area contributed by atoms with E-state index >= 15 is 0 Å². The number of anilines is 1. The molecule has 0 spiro atoms. The number of benzene rings is 3. The molecule has 5 rings (SSSR count). The highest BCUT2D eigenvalue weighted by Crippen LogP contribution is 2.30. The molecule has 1 atom stereocenters. The lowest BCUT2D eigenvalue weighted by molar-refractivity contribution is -0.120. The van der Waals surface area contributed by atoms with Crippen LogP contribution in [0.2, 0.25) is 0 Å². The lowest BCUT2D eigenvalue weighted by atomic mass is 9.91. The van der Waals surface area contributed by atoms with Crippen LogP contribution in [0, 0.1) is 29.1 Å². The van der Waals surface area contributed by atoms with E-state index in [1.807, 2.05) is 12.1 Å². The Morgan fingerprint density at radius 2 is 1.51 bits per heavy atom. The zero-order valence-electron chi connectivity index (χ0n) is 22.8. The minimum absolute atomic E-state index is 0.0755. The SMILES string of the molecule is Fc1c(F)c(F)c(S)c(F)c1F.O=C(O)c1ccc(N(Cc2ccc(C3CCOCC3)cc2)C(=O)[C@H]2CCCN2)cc1O. The fourth-order valence-electron chi connectivity index (χ4n) is 4.95. The van der Waals surface area contributed by atoms with Crippen LogP contribution in [0.15, 0.2) is 47.4 Å². The van der Waals surface area contributed by atoms with Gasteiger partial charge in [0, 0.05) is 25.0 Å². The first kappa shape index (κ1) is 32.2. The Labute approximate surface area is 249 Å². The number of nitrogens with zero attached hydrogens (tertiary/aromatic N) is 1. The van der Waals surface area contributed by atoms with Gasteiger partial charge in [0.15, 0.2) is 23.3 Å². The van der Waals surface area contributed by atoms with Crippen LogP contribution in [0.25, 0.3) is 0 Å². The van der Waals surface area contributed by atoms with Crippen LogP contribution in [-0.4, -0.2) is 47.9 Å². The Hall–Kier alpha value is -3.68. The van der Waals surface area contributed by atoms with Gasteiger partial charge in [0.1, 0.15) is 11.3 Å². The van der Waals surface area contributed by atoms with Crippen LogP contribution in [-0.2, 0) is 16.1 Å². The van der Waals surface area contributed by atoms with Gasteiger partial charge in [-0.25, -0.2) is 26.7 Å². The van der Waals surface area contributed by atoms with Crippen molar-refractivity contribution in [3.05, 3.63) is 88.2 Å². The quantitative estimate of drug-likeness (QED) is 0.117. The fourth-order valence-corrected chi connectivity index (χ4v) is 5.15. The number of rotatable bonds is 6. The van der Waals surface area contributed by atoms with Gasteiger partial charge in [-0.05, 0) is 61.4 Å². The smallest absolute Gasteiger partial charge is 0.339 e. The zero-order chi connectivity index (χ0) is 31.3. The van der Waals surface area contributed by atoms with Crippen LogP contribution < -0.4 is 10.2 Å². The number of aromatic carboxylic acids is 1. The van der Waals surface area contributed by atoms with Crippen molar-refractivity contribution in [2.24, 2.45) is 0 Å². The summed E-state index contributed by atoms with van der Waals surface area (Å²) in [5.74, 6) is -11.1. The number of ether oxygens (including phenoxy) is 1. The number of hydrogen-bond donors (Lipinski definition) is 4. The van der Waals surface area contributed by atoms with E-state index < -0.39 is 40.0 Å². The number of halogens is 5. The van der Waals surface area contributed by atoms with Crippen molar-refractivity contribution < 1.29 is 46.5 Å². The summed E-state index contributed by atoms with van der Waals surface area (Å²) in [7, 11) is 0. The molecule has 0 bridgehead atoms. The maximum atomic E-state index is 13.2. The Morgan fingerprint density at radius 1 is 0.907 bits per heavy atom. The molecule has 0 radical (unpaired) electrons. The summed E-state index contributed by atoms with van der Waals surface area (Å²) in [6.07, 6.45) is 3.74. The van der Waals surface area contributed by atoms with Crippen molar-refractivity contribution in [3.63, 3.8) is 0 Å². The van der Waals surface area contributed by atoms with Crippen LogP contribution >= 0.6 is 12.6 Å². The third-order valence-corrected chi connectivity index (χ3v) is 7.74. The summed E-state index contributed by atoms with van der Waals surface area (Å²) in [6, 6.07) is 12.3. The molecule has 0 aliphatic carbocycles. The molecule has 3 aromatic rings. The summed E-state index contributed by atoms with van der Waals surface area (Å²) in [5.41, 5.74) is 2.56. The molecule has 43 heavy (non-hydrogen) atoms. The third kappa shape index (κ3) is 7.46. The first-order valence-corrected chi connectivity index (χ1v) is 13.9. The van der Waals surface area contributed by atoms with E-state index in [-0.39, 0.29) is 23.3 Å². The Balaban J connectivity index is 0.000000296. The van der Waals surface area contributed by atoms with E-state index in [1.54, 1.807) is 11.0 Å². The summed E-state index contributed by atoms with van der Waals surface area (Å²) in [6.45, 7) is 2.72. The van der Waals surface area contributed by atoms with Crippen molar-refractivity contribution in [1.82, 2.24) is 5.32 Å². The van der Waals surface area contributed by atoms with E-state index in [0.29, 0.717) is 18.2 Å². The normalized spacial score (nSPS) is 16.8. The molecule has 3 N–H and O–H groups in total. The van der Waals surface area contributed by atoms with Crippen molar-refractivity contribution in [3.8, 4) is 5.75 Å². The molecule has 3 aromatic carbocycles. The van der Waals surface area contributed by atoms with Crippen molar-refractivity contribution >= 4 is 30.2 Å². The largest absolute Gasteiger partial charge is 0.507 e. The number of carboxylic acid groups (broad SMARTS) is 1. The summed E-state index contributed by atoms with van der Waals surface area (Å²) in [4.78, 5) is 24.9. The summed E-state index contributed by atoms with van der Waals surface area (Å²) >= 11 is 3.10. The number of phenols is 1. The first-order valence-electron chi connectivity index (χ1n) is 13.5. The molecule has 0 unspecified atom stereocenters. The molecule has 7 nitrogen and oxygen atoms in total. The summed E-state index contributed by atoms with van der Waals surface area (Å²) in [5, 5.41) is 22.6. The van der Waals surface area contributed by atoms with Gasteiger partial charge >= 0.3 is 5.97 Å². The Bertz CT molecular complexity index is 1370. The van der Waals surface area contributed by atoms with Crippen molar-refractivity contribution in [1.29, 1.82) is 0 Å². The summed E-state index contributed by atoms with van der Waals surface area (Å²) < 4.78 is 66.7. The lowest BCUT2D eigenvalue weighted by Crippen LogP contribution is -2.43. The zero-order valence-corrected chi connectivity index (χ0v) is 23.7. The van der Waals surface area contributed by atoms with E-state index in [0.717, 1.165) is 51.0 Å². The average molecular weight is 625 g/mol. The van der Waals surface area contributed by atoms with E-state index in [4.69, 9.17) is 4.74 Å². The molecule has 2 saturated heterocycles. The van der Waals surface area contributed by atoms with Crippen LogP contribution in [0.5, 0.6) is 5.75 Å². The maximum Gasteiger partial charge on any atom is 0.339 e. The molecule has 230 valence electrons. The number of carboxylic acids is 1. The minimum atomic E-state index is -2.18. The first-order chi connectivity index (χ1) is 20.5. The number of nitrogens with one attached hydrogen (secondary N) is 1. The highest BCUT2D eigenvalue weighted by Gasteiger charge is 2.29. The van der Waals surface area contributed by atoms with Gasteiger partial charge in [0.25, 0.3) is 0 Å². The van der Waals surface area contributed by atoms with Crippen molar-refractivity contribution in [2.75, 3.05) is 24.7 Å². The molecule has 13 heteroatoms. The van der Waals surface area contributed by atoms with E-state index in [2.05, 4.69) is 30.1 Å². The highest BCUT2D eigenvalue weighted by atomic mass is 32.1.